The van der Waals surface area contributed by atoms with E-state index in [1.165, 1.54) is 32.5 Å². The fourth-order valence-electron chi connectivity index (χ4n) is 2.99. The maximum absolute atomic E-state index is 5.49. The van der Waals surface area contributed by atoms with Gasteiger partial charge >= 0.3 is 0 Å². The number of hydrogen-bond donors (Lipinski definition) is 1. The first-order valence-corrected chi connectivity index (χ1v) is 8.05. The lowest BCUT2D eigenvalue weighted by Gasteiger charge is -2.38. The van der Waals surface area contributed by atoms with Crippen LogP contribution >= 0.6 is 0 Å². The van der Waals surface area contributed by atoms with E-state index in [1.807, 2.05) is 7.11 Å². The molecule has 0 saturated carbocycles. The van der Waals surface area contributed by atoms with Gasteiger partial charge in [-0.25, -0.2) is 0 Å². The number of methoxy groups -OCH3 is 1. The van der Waals surface area contributed by atoms with E-state index in [0.717, 1.165) is 13.2 Å². The van der Waals surface area contributed by atoms with E-state index in [0.29, 0.717) is 12.1 Å². The van der Waals surface area contributed by atoms with Crippen LogP contribution < -0.4 is 5.32 Å². The van der Waals surface area contributed by atoms with Gasteiger partial charge in [-0.1, -0.05) is 6.92 Å². The summed E-state index contributed by atoms with van der Waals surface area (Å²) in [4.78, 5) is 5.14. The van der Waals surface area contributed by atoms with Gasteiger partial charge in [0.15, 0.2) is 0 Å². The Balaban J connectivity index is 2.70. The van der Waals surface area contributed by atoms with Gasteiger partial charge < -0.3 is 15.0 Å². The Morgan fingerprint density at radius 1 is 1.30 bits per heavy atom. The Hall–Kier alpha value is -0.160. The second-order valence-corrected chi connectivity index (χ2v) is 7.16. The summed E-state index contributed by atoms with van der Waals surface area (Å²) < 4.78 is 5.49. The molecule has 1 aliphatic rings. The molecular weight excluding hydrogens is 250 g/mol. The van der Waals surface area contributed by atoms with Crippen LogP contribution in [-0.4, -0.2) is 74.4 Å². The van der Waals surface area contributed by atoms with Crippen LogP contribution in [0, 0.1) is 0 Å². The van der Waals surface area contributed by atoms with Crippen LogP contribution in [0.2, 0.25) is 0 Å². The molecule has 1 rings (SSSR count). The van der Waals surface area contributed by atoms with Crippen molar-refractivity contribution in [1.82, 2.24) is 15.1 Å². The molecule has 0 aliphatic carbocycles. The molecule has 1 heterocycles. The van der Waals surface area contributed by atoms with Crippen molar-refractivity contribution in [2.75, 3.05) is 46.9 Å². The molecule has 0 aromatic rings. The van der Waals surface area contributed by atoms with Gasteiger partial charge in [0.1, 0.15) is 0 Å². The van der Waals surface area contributed by atoms with Gasteiger partial charge in [0, 0.05) is 44.4 Å². The van der Waals surface area contributed by atoms with E-state index in [2.05, 4.69) is 49.9 Å². The molecular formula is C16H35N3O. The maximum atomic E-state index is 5.49. The van der Waals surface area contributed by atoms with Crippen molar-refractivity contribution < 1.29 is 4.74 Å². The third kappa shape index (κ3) is 6.08. The highest BCUT2D eigenvalue weighted by atomic mass is 16.5. The minimum atomic E-state index is 0.163. The molecule has 0 aromatic carbocycles. The molecule has 120 valence electrons. The predicted octanol–water partition coefficient (Wildman–Crippen LogP) is 1.81. The van der Waals surface area contributed by atoms with E-state index in [-0.39, 0.29) is 5.54 Å². The summed E-state index contributed by atoms with van der Waals surface area (Å²) in [7, 11) is 4.06. The van der Waals surface area contributed by atoms with Crippen LogP contribution in [0.1, 0.15) is 40.5 Å². The van der Waals surface area contributed by atoms with Crippen LogP contribution in [-0.2, 0) is 4.74 Å². The largest absolute Gasteiger partial charge is 0.383 e. The summed E-state index contributed by atoms with van der Waals surface area (Å²) in [6.45, 7) is 14.4. The Bertz CT molecular complexity index is 265. The van der Waals surface area contributed by atoms with Gasteiger partial charge in [0.25, 0.3) is 0 Å². The molecule has 0 radical (unpaired) electrons. The molecule has 2 unspecified atom stereocenters. The zero-order chi connectivity index (χ0) is 15.2. The van der Waals surface area contributed by atoms with Crippen LogP contribution in [0.5, 0.6) is 0 Å². The standard InChI is InChI=1S/C16H35N3O/c1-7-14-12-18(5)9-8-10-19(14)15(13-20-6)11-17-16(2,3)4/h14-15,17H,7-13H2,1-6H3. The van der Waals surface area contributed by atoms with Crippen molar-refractivity contribution >= 4 is 0 Å². The van der Waals surface area contributed by atoms with Gasteiger partial charge in [0.2, 0.25) is 0 Å². The fraction of sp³-hybridized carbons (Fsp3) is 1.00. The zero-order valence-corrected chi connectivity index (χ0v) is 14.4. The average Bonchev–Trinajstić information content (AvgIpc) is 2.55. The third-order valence-corrected chi connectivity index (χ3v) is 4.11. The summed E-state index contributed by atoms with van der Waals surface area (Å²) in [6, 6.07) is 1.11. The second kappa shape index (κ2) is 8.32. The SMILES string of the molecule is CCC1CN(C)CCCN1C(CNC(C)(C)C)COC. The van der Waals surface area contributed by atoms with E-state index >= 15 is 0 Å². The van der Waals surface area contributed by atoms with E-state index < -0.39 is 0 Å². The molecule has 0 aromatic heterocycles. The molecule has 0 amide bonds. The minimum Gasteiger partial charge on any atom is -0.383 e. The van der Waals surface area contributed by atoms with Gasteiger partial charge in [-0.15, -0.1) is 0 Å². The number of nitrogens with zero attached hydrogens (tertiary/aromatic N) is 2. The van der Waals surface area contributed by atoms with Crippen LogP contribution in [0.3, 0.4) is 0 Å². The smallest absolute Gasteiger partial charge is 0.0630 e. The quantitative estimate of drug-likeness (QED) is 0.805. The minimum absolute atomic E-state index is 0.163. The third-order valence-electron chi connectivity index (χ3n) is 4.11. The summed E-state index contributed by atoms with van der Waals surface area (Å²) >= 11 is 0. The van der Waals surface area contributed by atoms with Crippen LogP contribution in [0.25, 0.3) is 0 Å². The first kappa shape index (κ1) is 17.9. The van der Waals surface area contributed by atoms with E-state index in [9.17, 15) is 0 Å². The van der Waals surface area contributed by atoms with Crippen LogP contribution in [0.4, 0.5) is 0 Å². The van der Waals surface area contributed by atoms with Gasteiger partial charge in [-0.3, -0.25) is 4.90 Å². The lowest BCUT2D eigenvalue weighted by atomic mass is 10.1. The fourth-order valence-corrected chi connectivity index (χ4v) is 2.99. The predicted molar refractivity (Wildman–Crippen MR) is 86.3 cm³/mol. The Morgan fingerprint density at radius 2 is 2.00 bits per heavy atom. The number of ether oxygens (including phenoxy) is 1. The highest BCUT2D eigenvalue weighted by molar-refractivity contribution is 4.86. The molecule has 1 fully saturated rings. The number of hydrogen-bond acceptors (Lipinski definition) is 4. The highest BCUT2D eigenvalue weighted by Crippen LogP contribution is 2.16. The van der Waals surface area contributed by atoms with Crippen molar-refractivity contribution in [2.45, 2.75) is 58.2 Å². The highest BCUT2D eigenvalue weighted by Gasteiger charge is 2.28. The van der Waals surface area contributed by atoms with Crippen molar-refractivity contribution in [1.29, 1.82) is 0 Å². The van der Waals surface area contributed by atoms with Crippen LogP contribution in [0.15, 0.2) is 0 Å². The molecule has 2 atom stereocenters. The second-order valence-electron chi connectivity index (χ2n) is 7.16. The first-order valence-electron chi connectivity index (χ1n) is 8.05. The zero-order valence-electron chi connectivity index (χ0n) is 14.4. The lowest BCUT2D eigenvalue weighted by molar-refractivity contribution is 0.0560. The number of likely N-dealkylation sites (N-methyl/N-ethyl adjacent to an activating group) is 1. The van der Waals surface area contributed by atoms with Crippen molar-refractivity contribution in [3.8, 4) is 0 Å². The Morgan fingerprint density at radius 3 is 2.55 bits per heavy atom. The summed E-state index contributed by atoms with van der Waals surface area (Å²) in [5, 5.41) is 3.65. The molecule has 0 spiro atoms. The summed E-state index contributed by atoms with van der Waals surface area (Å²) in [6.07, 6.45) is 2.46. The average molecular weight is 285 g/mol. The topological polar surface area (TPSA) is 27.7 Å². The van der Waals surface area contributed by atoms with Crippen molar-refractivity contribution in [3.63, 3.8) is 0 Å². The van der Waals surface area contributed by atoms with E-state index in [4.69, 9.17) is 4.74 Å². The number of rotatable bonds is 6. The monoisotopic (exact) mass is 285 g/mol. The van der Waals surface area contributed by atoms with Gasteiger partial charge in [-0.2, -0.15) is 0 Å². The van der Waals surface area contributed by atoms with Gasteiger partial charge in [0.05, 0.1) is 6.61 Å². The molecule has 0 bridgehead atoms. The van der Waals surface area contributed by atoms with Gasteiger partial charge in [-0.05, 0) is 47.2 Å². The summed E-state index contributed by atoms with van der Waals surface area (Å²) in [5.41, 5.74) is 0.163. The Labute approximate surface area is 125 Å². The normalized spacial score (nSPS) is 24.6. The lowest BCUT2D eigenvalue weighted by Crippen LogP contribution is -2.54. The first-order chi connectivity index (χ1) is 9.37. The van der Waals surface area contributed by atoms with E-state index in [1.54, 1.807) is 0 Å². The van der Waals surface area contributed by atoms with Crippen molar-refractivity contribution in [3.05, 3.63) is 0 Å². The molecule has 1 N–H and O–H groups in total. The molecule has 1 saturated heterocycles. The molecule has 1 aliphatic heterocycles. The maximum Gasteiger partial charge on any atom is 0.0630 e. The Kier molecular flexibility index (Phi) is 7.45. The molecule has 20 heavy (non-hydrogen) atoms. The molecule has 4 nitrogen and oxygen atoms in total. The number of nitrogens with one attached hydrogen (secondary N) is 1. The molecule has 4 heteroatoms. The van der Waals surface area contributed by atoms with Crippen molar-refractivity contribution in [2.24, 2.45) is 0 Å². The summed E-state index contributed by atoms with van der Waals surface area (Å²) in [5.74, 6) is 0.